The van der Waals surface area contributed by atoms with Crippen molar-refractivity contribution in [2.24, 2.45) is 0 Å². The Bertz CT molecular complexity index is 1130. The molecule has 0 spiro atoms. The molecule has 0 aliphatic heterocycles. The summed E-state index contributed by atoms with van der Waals surface area (Å²) in [4.78, 5) is 35.4. The minimum Gasteiger partial charge on any atom is -0.462 e. The molecule has 0 bridgehead atoms. The summed E-state index contributed by atoms with van der Waals surface area (Å²) >= 11 is 0. The fourth-order valence-corrected chi connectivity index (χ4v) is 6.86. The number of carbonyl (C=O) groups is 2. The Balaban J connectivity index is 4.28. The number of quaternary nitrogens is 1. The van der Waals surface area contributed by atoms with E-state index in [1.54, 1.807) is 0 Å². The highest BCUT2D eigenvalue weighted by Crippen LogP contribution is 2.43. The fraction of sp³-hybridized carbons (Fsp3) is 0.792. The van der Waals surface area contributed by atoms with Gasteiger partial charge in [-0.25, -0.2) is 4.57 Å². The van der Waals surface area contributed by atoms with E-state index in [2.05, 4.69) is 62.5 Å². The molecule has 9 nitrogen and oxygen atoms in total. The van der Waals surface area contributed by atoms with E-state index in [0.717, 1.165) is 83.5 Å². The Morgan fingerprint density at radius 3 is 1.45 bits per heavy atom. The Labute approximate surface area is 356 Å². The molecule has 2 atom stereocenters. The lowest BCUT2D eigenvalue weighted by Crippen LogP contribution is -2.37. The van der Waals surface area contributed by atoms with Gasteiger partial charge in [0.15, 0.2) is 6.10 Å². The number of phosphoric acid groups is 1. The highest BCUT2D eigenvalue weighted by Gasteiger charge is 2.27. The van der Waals surface area contributed by atoms with Gasteiger partial charge in [-0.15, -0.1) is 0 Å². The van der Waals surface area contributed by atoms with E-state index < -0.39 is 26.5 Å². The van der Waals surface area contributed by atoms with Gasteiger partial charge >= 0.3 is 19.8 Å². The zero-order valence-corrected chi connectivity index (χ0v) is 38.9. The highest BCUT2D eigenvalue weighted by molar-refractivity contribution is 7.47. The predicted octanol–water partition coefficient (Wildman–Crippen LogP) is 13.5. The van der Waals surface area contributed by atoms with Crippen molar-refractivity contribution in [2.75, 3.05) is 47.5 Å². The summed E-state index contributed by atoms with van der Waals surface area (Å²) in [5.74, 6) is -0.819. The summed E-state index contributed by atoms with van der Waals surface area (Å²) in [6, 6.07) is 0. The molecule has 0 fully saturated rings. The Kier molecular flexibility index (Phi) is 39.0. The summed E-state index contributed by atoms with van der Waals surface area (Å²) in [6.45, 7) is 4.35. The summed E-state index contributed by atoms with van der Waals surface area (Å²) in [7, 11) is 1.46. The second kappa shape index (κ2) is 40.4. The summed E-state index contributed by atoms with van der Waals surface area (Å²) in [5, 5.41) is 0. The normalized spacial score (nSPS) is 14.0. The lowest BCUT2D eigenvalue weighted by atomic mass is 10.1. The van der Waals surface area contributed by atoms with Gasteiger partial charge < -0.3 is 18.9 Å². The van der Waals surface area contributed by atoms with E-state index in [9.17, 15) is 19.0 Å². The van der Waals surface area contributed by atoms with Gasteiger partial charge in [0.2, 0.25) is 0 Å². The number of likely N-dealkylation sites (N-methyl/N-ethyl adjacent to an activating group) is 1. The number of rotatable bonds is 42. The van der Waals surface area contributed by atoms with Crippen LogP contribution in [-0.2, 0) is 32.7 Å². The maximum Gasteiger partial charge on any atom is 0.472 e. The van der Waals surface area contributed by atoms with E-state index >= 15 is 0 Å². The van der Waals surface area contributed by atoms with Crippen LogP contribution in [0.5, 0.6) is 0 Å². The first kappa shape index (κ1) is 56.0. The molecule has 2 unspecified atom stereocenters. The second-order valence-electron chi connectivity index (χ2n) is 16.8. The largest absolute Gasteiger partial charge is 0.472 e. The van der Waals surface area contributed by atoms with Crippen molar-refractivity contribution in [2.45, 2.75) is 200 Å². The topological polar surface area (TPSA) is 108 Å². The van der Waals surface area contributed by atoms with Crippen molar-refractivity contribution in [3.63, 3.8) is 0 Å². The molecule has 0 radical (unpaired) electrons. The average Bonchev–Trinajstić information content (AvgIpc) is 3.17. The van der Waals surface area contributed by atoms with E-state index in [0.29, 0.717) is 17.4 Å². The summed E-state index contributed by atoms with van der Waals surface area (Å²) < 4.78 is 34.3. The van der Waals surface area contributed by atoms with Crippen molar-refractivity contribution in [3.8, 4) is 0 Å². The minimum absolute atomic E-state index is 0.0275. The van der Waals surface area contributed by atoms with Gasteiger partial charge in [0.05, 0.1) is 27.7 Å². The number of unbranched alkanes of at least 4 members (excludes halogenated alkanes) is 20. The van der Waals surface area contributed by atoms with Crippen molar-refractivity contribution >= 4 is 19.8 Å². The third-order valence-corrected chi connectivity index (χ3v) is 10.8. The Morgan fingerprint density at radius 2 is 0.948 bits per heavy atom. The molecule has 0 saturated carbocycles. The van der Waals surface area contributed by atoms with E-state index in [-0.39, 0.29) is 32.0 Å². The van der Waals surface area contributed by atoms with Crippen molar-refractivity contribution in [1.82, 2.24) is 0 Å². The van der Waals surface area contributed by atoms with Crippen LogP contribution in [0.1, 0.15) is 194 Å². The van der Waals surface area contributed by atoms with Gasteiger partial charge in [-0.2, -0.15) is 0 Å². The van der Waals surface area contributed by atoms with Crippen LogP contribution >= 0.6 is 7.82 Å². The maximum atomic E-state index is 12.7. The molecular formula is C48H89NO8P+. The second-order valence-corrected chi connectivity index (χ2v) is 18.2. The van der Waals surface area contributed by atoms with Crippen LogP contribution in [0.15, 0.2) is 48.6 Å². The molecule has 0 aromatic rings. The molecule has 0 saturated heterocycles. The highest BCUT2D eigenvalue weighted by atomic mass is 31.2. The first-order valence-electron chi connectivity index (χ1n) is 23.4. The number of allylic oxidation sites excluding steroid dienone is 8. The molecule has 0 heterocycles. The number of hydrogen-bond acceptors (Lipinski definition) is 7. The fourth-order valence-electron chi connectivity index (χ4n) is 6.12. The quantitative estimate of drug-likeness (QED) is 0.0213. The van der Waals surface area contributed by atoms with Gasteiger partial charge in [0.25, 0.3) is 0 Å². The van der Waals surface area contributed by atoms with Crippen LogP contribution in [0, 0.1) is 0 Å². The van der Waals surface area contributed by atoms with Crippen molar-refractivity contribution < 1.29 is 42.1 Å². The number of nitrogens with zero attached hydrogens (tertiary/aromatic N) is 1. The minimum atomic E-state index is -4.38. The smallest absolute Gasteiger partial charge is 0.462 e. The third kappa shape index (κ3) is 43.5. The third-order valence-electron chi connectivity index (χ3n) is 9.83. The first-order valence-corrected chi connectivity index (χ1v) is 24.9. The molecule has 0 aromatic heterocycles. The van der Waals surface area contributed by atoms with Crippen LogP contribution in [0.2, 0.25) is 0 Å². The lowest BCUT2D eigenvalue weighted by Gasteiger charge is -2.24. The van der Waals surface area contributed by atoms with E-state index in [4.69, 9.17) is 18.5 Å². The van der Waals surface area contributed by atoms with Gasteiger partial charge in [-0.05, 0) is 70.6 Å². The Hall–Kier alpha value is -2.03. The van der Waals surface area contributed by atoms with E-state index in [1.165, 1.54) is 77.0 Å². The lowest BCUT2D eigenvalue weighted by molar-refractivity contribution is -0.870. The molecule has 58 heavy (non-hydrogen) atoms. The molecule has 0 aliphatic rings. The van der Waals surface area contributed by atoms with Crippen LogP contribution in [0.3, 0.4) is 0 Å². The summed E-state index contributed by atoms with van der Waals surface area (Å²) in [5.41, 5.74) is 0. The zero-order valence-electron chi connectivity index (χ0n) is 38.0. The number of ether oxygens (including phenoxy) is 2. The zero-order chi connectivity index (χ0) is 42.8. The number of phosphoric ester groups is 1. The van der Waals surface area contributed by atoms with Crippen LogP contribution in [0.25, 0.3) is 0 Å². The number of esters is 2. The standard InChI is InChI=1S/C48H88NO8P/c1-6-8-10-12-14-16-18-19-20-21-22-23-24-25-26-27-28-29-31-33-35-37-39-41-48(51)57-46(45-56-58(52,53)55-43-42-49(3,4)5)44-54-47(50)40-38-36-34-32-30-17-15-13-11-9-7-2/h13,15,18-19,21-22,24-25,46H,6-12,14,16-17,20,23,26-45H2,1-5H3/p+1/b15-13-,19-18-,22-21-,25-24-. The number of hydrogen-bond donors (Lipinski definition) is 1. The SMILES string of the molecule is CCCC/C=C\CCCCCCCC(=O)OCC(COP(=O)(O)OCC[N+](C)(C)C)OC(=O)CCCCCCCCCC/C=C\C/C=C\C/C=C\CCCCCCC. The van der Waals surface area contributed by atoms with Gasteiger partial charge in [0.1, 0.15) is 19.8 Å². The molecule has 338 valence electrons. The van der Waals surface area contributed by atoms with Crippen molar-refractivity contribution in [3.05, 3.63) is 48.6 Å². The van der Waals surface area contributed by atoms with Crippen LogP contribution < -0.4 is 0 Å². The van der Waals surface area contributed by atoms with Crippen LogP contribution in [-0.4, -0.2) is 74.9 Å². The van der Waals surface area contributed by atoms with Gasteiger partial charge in [0, 0.05) is 12.8 Å². The molecule has 0 amide bonds. The maximum absolute atomic E-state index is 12.7. The van der Waals surface area contributed by atoms with E-state index in [1.807, 2.05) is 21.1 Å². The van der Waals surface area contributed by atoms with Gasteiger partial charge in [-0.3, -0.25) is 18.6 Å². The molecule has 10 heteroatoms. The van der Waals surface area contributed by atoms with Crippen LogP contribution in [0.4, 0.5) is 0 Å². The molecule has 0 aromatic carbocycles. The molecule has 1 N–H and O–H groups in total. The predicted molar refractivity (Wildman–Crippen MR) is 243 cm³/mol. The molecule has 0 rings (SSSR count). The summed E-state index contributed by atoms with van der Waals surface area (Å²) in [6.07, 6.45) is 47.3. The van der Waals surface area contributed by atoms with Gasteiger partial charge in [-0.1, -0.05) is 159 Å². The first-order chi connectivity index (χ1) is 28.0. The monoisotopic (exact) mass is 839 g/mol. The Morgan fingerprint density at radius 1 is 0.534 bits per heavy atom. The van der Waals surface area contributed by atoms with Crippen molar-refractivity contribution in [1.29, 1.82) is 0 Å². The number of carbonyl (C=O) groups excluding carboxylic acids is 2. The molecular weight excluding hydrogens is 750 g/mol. The molecule has 0 aliphatic carbocycles. The average molecular weight is 839 g/mol.